The summed E-state index contributed by atoms with van der Waals surface area (Å²) < 4.78 is 6.15. The zero-order chi connectivity index (χ0) is 15.2. The van der Waals surface area contributed by atoms with E-state index >= 15 is 0 Å². The summed E-state index contributed by atoms with van der Waals surface area (Å²) in [4.78, 5) is 14.2. The normalized spacial score (nSPS) is 18.0. The maximum absolute atomic E-state index is 12.2. The zero-order valence-corrected chi connectivity index (χ0v) is 14.3. The average molecular weight is 355 g/mol. The molecule has 0 bridgehead atoms. The van der Waals surface area contributed by atoms with E-state index in [4.69, 9.17) is 4.74 Å². The minimum absolute atomic E-state index is 0.264. The maximum Gasteiger partial charge on any atom is 0.222 e. The van der Waals surface area contributed by atoms with Gasteiger partial charge in [-0.3, -0.25) is 4.79 Å². The van der Waals surface area contributed by atoms with Crippen LogP contribution in [-0.4, -0.2) is 44.6 Å². The van der Waals surface area contributed by atoms with E-state index < -0.39 is 0 Å². The first kappa shape index (κ1) is 16.3. The number of benzene rings is 1. The van der Waals surface area contributed by atoms with Crippen molar-refractivity contribution in [2.24, 2.45) is 5.92 Å². The van der Waals surface area contributed by atoms with E-state index in [1.54, 1.807) is 7.11 Å². The number of carbonyl (C=O) groups excluding carboxylic acids is 1. The fourth-order valence-electron chi connectivity index (χ4n) is 2.79. The Hall–Kier alpha value is -1.07. The number of nitrogens with zero attached hydrogens (tertiary/aromatic N) is 1. The topological polar surface area (TPSA) is 41.6 Å². The van der Waals surface area contributed by atoms with Gasteiger partial charge in [-0.15, -0.1) is 0 Å². The number of rotatable bonds is 6. The molecule has 0 spiro atoms. The Morgan fingerprint density at radius 2 is 2.33 bits per heavy atom. The van der Waals surface area contributed by atoms with E-state index in [0.29, 0.717) is 12.3 Å². The van der Waals surface area contributed by atoms with Crippen molar-refractivity contribution in [1.29, 1.82) is 0 Å². The number of amides is 1. The highest BCUT2D eigenvalue weighted by Gasteiger charge is 2.25. The number of ether oxygens (including phenoxy) is 1. The molecule has 0 aliphatic carbocycles. The minimum Gasteiger partial charge on any atom is -0.496 e. The number of aryl methyl sites for hydroxylation is 1. The lowest BCUT2D eigenvalue weighted by Crippen LogP contribution is -2.30. The molecule has 1 aliphatic heterocycles. The van der Waals surface area contributed by atoms with Crippen molar-refractivity contribution in [3.8, 4) is 5.75 Å². The van der Waals surface area contributed by atoms with E-state index in [-0.39, 0.29) is 5.91 Å². The fraction of sp³-hybridized carbons (Fsp3) is 0.562. The molecule has 0 radical (unpaired) electrons. The SMILES string of the molecule is CNCC1CCN(C(=O)CCc2ccc(OC)c(Br)c2)C1. The van der Waals surface area contributed by atoms with Gasteiger partial charge in [0.2, 0.25) is 5.91 Å². The van der Waals surface area contributed by atoms with Crippen molar-refractivity contribution in [2.45, 2.75) is 19.3 Å². The Bertz CT molecular complexity index is 493. The number of nitrogens with one attached hydrogen (secondary N) is 1. The summed E-state index contributed by atoms with van der Waals surface area (Å²) in [5.74, 6) is 1.69. The molecule has 1 amide bonds. The van der Waals surface area contributed by atoms with Gasteiger partial charge in [0.15, 0.2) is 0 Å². The summed E-state index contributed by atoms with van der Waals surface area (Å²) in [6.45, 7) is 2.79. The number of hydrogen-bond donors (Lipinski definition) is 1. The predicted molar refractivity (Wildman–Crippen MR) is 87.6 cm³/mol. The highest BCUT2D eigenvalue weighted by molar-refractivity contribution is 9.10. The molecule has 1 atom stereocenters. The molecule has 1 saturated heterocycles. The van der Waals surface area contributed by atoms with Crippen LogP contribution in [0.5, 0.6) is 5.75 Å². The van der Waals surface area contributed by atoms with Gasteiger partial charge < -0.3 is 15.0 Å². The minimum atomic E-state index is 0.264. The van der Waals surface area contributed by atoms with Crippen molar-refractivity contribution in [3.05, 3.63) is 28.2 Å². The first-order valence-corrected chi connectivity index (χ1v) is 8.18. The van der Waals surface area contributed by atoms with Gasteiger partial charge in [0.05, 0.1) is 11.6 Å². The number of carbonyl (C=O) groups is 1. The fourth-order valence-corrected chi connectivity index (χ4v) is 3.38. The van der Waals surface area contributed by atoms with E-state index in [0.717, 1.165) is 48.3 Å². The summed E-state index contributed by atoms with van der Waals surface area (Å²) in [6, 6.07) is 5.98. The Morgan fingerprint density at radius 1 is 1.52 bits per heavy atom. The molecule has 1 fully saturated rings. The Labute approximate surface area is 135 Å². The molecule has 1 aromatic carbocycles. The van der Waals surface area contributed by atoms with Gasteiger partial charge in [-0.2, -0.15) is 0 Å². The van der Waals surface area contributed by atoms with Crippen molar-refractivity contribution < 1.29 is 9.53 Å². The highest BCUT2D eigenvalue weighted by atomic mass is 79.9. The number of methoxy groups -OCH3 is 1. The lowest BCUT2D eigenvalue weighted by atomic mass is 10.1. The number of likely N-dealkylation sites (tertiary alicyclic amines) is 1. The summed E-state index contributed by atoms with van der Waals surface area (Å²) in [6.07, 6.45) is 2.46. The Morgan fingerprint density at radius 3 is 3.00 bits per heavy atom. The standard InChI is InChI=1S/C16H23BrN2O2/c1-18-10-13-7-8-19(11-13)16(20)6-4-12-3-5-15(21-2)14(17)9-12/h3,5,9,13,18H,4,6-8,10-11H2,1-2H3. The van der Waals surface area contributed by atoms with Gasteiger partial charge in [-0.25, -0.2) is 0 Å². The van der Waals surface area contributed by atoms with Crippen LogP contribution in [0.15, 0.2) is 22.7 Å². The first-order chi connectivity index (χ1) is 10.1. The number of halogens is 1. The molecule has 1 heterocycles. The molecule has 1 N–H and O–H groups in total. The molecule has 4 nitrogen and oxygen atoms in total. The largest absolute Gasteiger partial charge is 0.496 e. The van der Waals surface area contributed by atoms with E-state index in [2.05, 4.69) is 21.2 Å². The van der Waals surface area contributed by atoms with Gasteiger partial charge in [-0.05, 0) is 66.0 Å². The molecular formula is C16H23BrN2O2. The second-order valence-corrected chi connectivity index (χ2v) is 6.38. The van der Waals surface area contributed by atoms with Gasteiger partial charge in [0.1, 0.15) is 5.75 Å². The zero-order valence-electron chi connectivity index (χ0n) is 12.7. The summed E-state index contributed by atoms with van der Waals surface area (Å²) in [5, 5.41) is 3.19. The van der Waals surface area contributed by atoms with Crippen LogP contribution >= 0.6 is 15.9 Å². The maximum atomic E-state index is 12.2. The Kier molecular flexibility index (Phi) is 6.06. The van der Waals surface area contributed by atoms with Crippen LogP contribution in [0.25, 0.3) is 0 Å². The quantitative estimate of drug-likeness (QED) is 0.852. The average Bonchev–Trinajstić information content (AvgIpc) is 2.94. The van der Waals surface area contributed by atoms with Crippen LogP contribution < -0.4 is 10.1 Å². The van der Waals surface area contributed by atoms with Gasteiger partial charge in [-0.1, -0.05) is 6.07 Å². The van der Waals surface area contributed by atoms with Gasteiger partial charge in [0.25, 0.3) is 0 Å². The second-order valence-electron chi connectivity index (χ2n) is 5.52. The predicted octanol–water partition coefficient (Wildman–Crippen LogP) is 2.46. The van der Waals surface area contributed by atoms with Crippen LogP contribution in [0, 0.1) is 5.92 Å². The van der Waals surface area contributed by atoms with Crippen molar-refractivity contribution >= 4 is 21.8 Å². The first-order valence-electron chi connectivity index (χ1n) is 7.38. The Balaban J connectivity index is 1.83. The lowest BCUT2D eigenvalue weighted by molar-refractivity contribution is -0.130. The molecule has 2 rings (SSSR count). The molecule has 1 unspecified atom stereocenters. The van der Waals surface area contributed by atoms with Crippen molar-refractivity contribution in [2.75, 3.05) is 33.8 Å². The van der Waals surface area contributed by atoms with E-state index in [1.807, 2.05) is 30.1 Å². The third kappa shape index (κ3) is 4.45. The molecule has 1 aliphatic rings. The molecule has 21 heavy (non-hydrogen) atoms. The molecule has 0 aromatic heterocycles. The number of hydrogen-bond acceptors (Lipinski definition) is 3. The third-order valence-electron chi connectivity index (χ3n) is 3.98. The van der Waals surface area contributed by atoms with Gasteiger partial charge >= 0.3 is 0 Å². The highest BCUT2D eigenvalue weighted by Crippen LogP contribution is 2.26. The van der Waals surface area contributed by atoms with Crippen LogP contribution in [-0.2, 0) is 11.2 Å². The van der Waals surface area contributed by atoms with E-state index in [9.17, 15) is 4.79 Å². The van der Waals surface area contributed by atoms with Crippen LogP contribution in [0.4, 0.5) is 0 Å². The van der Waals surface area contributed by atoms with Crippen molar-refractivity contribution in [3.63, 3.8) is 0 Å². The lowest BCUT2D eigenvalue weighted by Gasteiger charge is -2.16. The molecule has 1 aromatic rings. The molecule has 0 saturated carbocycles. The monoisotopic (exact) mass is 354 g/mol. The smallest absolute Gasteiger partial charge is 0.222 e. The summed E-state index contributed by atoms with van der Waals surface area (Å²) in [7, 11) is 3.62. The van der Waals surface area contributed by atoms with Gasteiger partial charge in [0, 0.05) is 19.5 Å². The summed E-state index contributed by atoms with van der Waals surface area (Å²) in [5.41, 5.74) is 1.15. The second kappa shape index (κ2) is 7.80. The van der Waals surface area contributed by atoms with E-state index in [1.165, 1.54) is 0 Å². The third-order valence-corrected chi connectivity index (χ3v) is 4.59. The van der Waals surface area contributed by atoms with Crippen LogP contribution in [0.1, 0.15) is 18.4 Å². The summed E-state index contributed by atoms with van der Waals surface area (Å²) >= 11 is 3.48. The van der Waals surface area contributed by atoms with Crippen LogP contribution in [0.3, 0.4) is 0 Å². The van der Waals surface area contributed by atoms with Crippen LogP contribution in [0.2, 0.25) is 0 Å². The molecular weight excluding hydrogens is 332 g/mol. The molecule has 5 heteroatoms. The van der Waals surface area contributed by atoms with Crippen molar-refractivity contribution in [1.82, 2.24) is 10.2 Å². The molecule has 116 valence electrons.